The van der Waals surface area contributed by atoms with Crippen molar-refractivity contribution < 1.29 is 8.42 Å². The van der Waals surface area contributed by atoms with Gasteiger partial charge in [0, 0.05) is 11.4 Å². The van der Waals surface area contributed by atoms with Crippen LogP contribution < -0.4 is 22.5 Å². The Kier molecular flexibility index (Phi) is 5.34. The number of benzene rings is 2. The molecule has 0 saturated carbocycles. The van der Waals surface area contributed by atoms with Gasteiger partial charge in [-0.2, -0.15) is 0 Å². The maximum Gasteiger partial charge on any atom is 0.206 e. The predicted molar refractivity (Wildman–Crippen MR) is 81.2 cm³/mol. The van der Waals surface area contributed by atoms with Gasteiger partial charge in [-0.3, -0.25) is 11.7 Å². The van der Waals surface area contributed by atoms with Gasteiger partial charge in [-0.05, 0) is 48.5 Å². The lowest BCUT2D eigenvalue weighted by Crippen LogP contribution is -2.08. The summed E-state index contributed by atoms with van der Waals surface area (Å²) >= 11 is 0. The van der Waals surface area contributed by atoms with Crippen LogP contribution in [0.15, 0.2) is 58.3 Å². The SMILES string of the molecule is Cl.NNc1ccc(S(=O)(=O)c2ccc(NN)cc2)cc1. The van der Waals surface area contributed by atoms with E-state index in [9.17, 15) is 8.42 Å². The quantitative estimate of drug-likeness (QED) is 0.503. The van der Waals surface area contributed by atoms with Crippen LogP contribution in [-0.2, 0) is 9.84 Å². The third-order valence-electron chi connectivity index (χ3n) is 2.66. The van der Waals surface area contributed by atoms with Gasteiger partial charge in [0.15, 0.2) is 0 Å². The first-order chi connectivity index (χ1) is 9.07. The van der Waals surface area contributed by atoms with Gasteiger partial charge in [-0.1, -0.05) is 0 Å². The van der Waals surface area contributed by atoms with E-state index in [0.29, 0.717) is 11.4 Å². The normalized spacial score (nSPS) is 10.5. The number of rotatable bonds is 4. The molecule has 0 radical (unpaired) electrons. The zero-order chi connectivity index (χ0) is 13.9. The van der Waals surface area contributed by atoms with Gasteiger partial charge in [-0.15, -0.1) is 12.4 Å². The molecule has 6 N–H and O–H groups in total. The first kappa shape index (κ1) is 16.3. The van der Waals surface area contributed by atoms with Crippen molar-refractivity contribution in [3.8, 4) is 0 Å². The molecule has 0 aliphatic heterocycles. The highest BCUT2D eigenvalue weighted by Gasteiger charge is 2.17. The number of hydrazine groups is 2. The zero-order valence-corrected chi connectivity index (χ0v) is 12.0. The molecular formula is C12H15ClN4O2S. The monoisotopic (exact) mass is 314 g/mol. The molecule has 0 bridgehead atoms. The fourth-order valence-electron chi connectivity index (χ4n) is 1.60. The largest absolute Gasteiger partial charge is 0.324 e. The maximum absolute atomic E-state index is 12.3. The molecule has 2 rings (SSSR count). The van der Waals surface area contributed by atoms with Crippen LogP contribution in [0.1, 0.15) is 0 Å². The third-order valence-corrected chi connectivity index (χ3v) is 4.45. The second kappa shape index (κ2) is 6.58. The first-order valence-corrected chi connectivity index (χ1v) is 6.94. The van der Waals surface area contributed by atoms with E-state index < -0.39 is 9.84 Å². The molecule has 0 aliphatic rings. The van der Waals surface area contributed by atoms with Crippen molar-refractivity contribution in [2.45, 2.75) is 9.79 Å². The standard InChI is InChI=1S/C12H14N4O2S.ClH/c13-15-9-1-5-11(6-2-9)19(17,18)12-7-3-10(16-14)4-8-12;/h1-8,15-16H,13-14H2;1H. The Morgan fingerprint density at radius 2 is 1.00 bits per heavy atom. The zero-order valence-electron chi connectivity index (χ0n) is 10.4. The van der Waals surface area contributed by atoms with Gasteiger partial charge >= 0.3 is 0 Å². The van der Waals surface area contributed by atoms with E-state index in [2.05, 4.69) is 10.9 Å². The van der Waals surface area contributed by atoms with Gasteiger partial charge in [0.05, 0.1) is 9.79 Å². The van der Waals surface area contributed by atoms with Crippen molar-refractivity contribution in [3.63, 3.8) is 0 Å². The summed E-state index contributed by atoms with van der Waals surface area (Å²) in [7, 11) is -3.53. The second-order valence-electron chi connectivity index (χ2n) is 3.84. The van der Waals surface area contributed by atoms with Gasteiger partial charge in [-0.25, -0.2) is 8.42 Å². The van der Waals surface area contributed by atoms with Gasteiger partial charge < -0.3 is 10.9 Å². The topological polar surface area (TPSA) is 110 Å². The molecule has 6 nitrogen and oxygen atoms in total. The number of nitrogen functional groups attached to an aromatic ring is 2. The molecule has 0 spiro atoms. The smallest absolute Gasteiger partial charge is 0.206 e. The lowest BCUT2D eigenvalue weighted by atomic mass is 10.3. The van der Waals surface area contributed by atoms with E-state index in [-0.39, 0.29) is 22.2 Å². The maximum atomic E-state index is 12.3. The fraction of sp³-hybridized carbons (Fsp3) is 0. The summed E-state index contributed by atoms with van der Waals surface area (Å²) in [4.78, 5) is 0.417. The van der Waals surface area contributed by atoms with Crippen molar-refractivity contribution in [2.75, 3.05) is 10.9 Å². The molecule has 108 valence electrons. The number of nitrogens with one attached hydrogen (secondary N) is 2. The first-order valence-electron chi connectivity index (χ1n) is 5.46. The molecule has 0 aliphatic carbocycles. The van der Waals surface area contributed by atoms with Crippen molar-refractivity contribution in [2.24, 2.45) is 11.7 Å². The Morgan fingerprint density at radius 1 is 0.700 bits per heavy atom. The average molecular weight is 315 g/mol. The molecular weight excluding hydrogens is 300 g/mol. The molecule has 0 unspecified atom stereocenters. The highest BCUT2D eigenvalue weighted by molar-refractivity contribution is 7.91. The van der Waals surface area contributed by atoms with E-state index in [4.69, 9.17) is 11.7 Å². The number of hydrogen-bond acceptors (Lipinski definition) is 6. The molecule has 2 aromatic rings. The third kappa shape index (κ3) is 3.20. The molecule has 0 amide bonds. The lowest BCUT2D eigenvalue weighted by Gasteiger charge is -2.07. The van der Waals surface area contributed by atoms with Crippen LogP contribution in [0.3, 0.4) is 0 Å². The minimum atomic E-state index is -3.53. The van der Waals surface area contributed by atoms with Crippen molar-refractivity contribution in [1.82, 2.24) is 0 Å². The lowest BCUT2D eigenvalue weighted by molar-refractivity contribution is 0.596. The van der Waals surface area contributed by atoms with Crippen molar-refractivity contribution in [3.05, 3.63) is 48.5 Å². The molecule has 0 atom stereocenters. The summed E-state index contributed by atoms with van der Waals surface area (Å²) in [5.74, 6) is 10.5. The van der Waals surface area contributed by atoms with Crippen molar-refractivity contribution >= 4 is 33.6 Å². The van der Waals surface area contributed by atoms with Crippen LogP contribution in [-0.4, -0.2) is 8.42 Å². The van der Waals surface area contributed by atoms with E-state index in [0.717, 1.165) is 0 Å². The Balaban J connectivity index is 0.00000200. The van der Waals surface area contributed by atoms with Crippen LogP contribution in [0.4, 0.5) is 11.4 Å². The molecule has 20 heavy (non-hydrogen) atoms. The Morgan fingerprint density at radius 3 is 1.25 bits per heavy atom. The Labute approximate surface area is 123 Å². The van der Waals surface area contributed by atoms with Gasteiger partial charge in [0.25, 0.3) is 0 Å². The molecule has 0 fully saturated rings. The minimum absolute atomic E-state index is 0. The number of nitrogens with two attached hydrogens (primary N) is 2. The van der Waals surface area contributed by atoms with Crippen molar-refractivity contribution in [1.29, 1.82) is 0 Å². The average Bonchev–Trinajstić information content (AvgIpc) is 2.47. The van der Waals surface area contributed by atoms with Crippen LogP contribution in [0, 0.1) is 0 Å². The van der Waals surface area contributed by atoms with Crippen LogP contribution in [0.2, 0.25) is 0 Å². The van der Waals surface area contributed by atoms with Gasteiger partial charge in [0.1, 0.15) is 0 Å². The van der Waals surface area contributed by atoms with Crippen LogP contribution >= 0.6 is 12.4 Å². The number of halogens is 1. The van der Waals surface area contributed by atoms with E-state index >= 15 is 0 Å². The van der Waals surface area contributed by atoms with E-state index in [1.54, 1.807) is 24.3 Å². The molecule has 0 saturated heterocycles. The Hall–Kier alpha value is -1.80. The molecule has 2 aromatic carbocycles. The molecule has 0 aromatic heterocycles. The molecule has 8 heteroatoms. The number of anilines is 2. The minimum Gasteiger partial charge on any atom is -0.324 e. The summed E-state index contributed by atoms with van der Waals surface area (Å²) in [6.07, 6.45) is 0. The fourth-order valence-corrected chi connectivity index (χ4v) is 2.86. The summed E-state index contributed by atoms with van der Waals surface area (Å²) in [5.41, 5.74) is 6.17. The van der Waals surface area contributed by atoms with E-state index in [1.807, 2.05) is 0 Å². The van der Waals surface area contributed by atoms with Crippen LogP contribution in [0.25, 0.3) is 0 Å². The second-order valence-corrected chi connectivity index (χ2v) is 5.79. The summed E-state index contributed by atoms with van der Waals surface area (Å²) < 4.78 is 24.7. The highest BCUT2D eigenvalue weighted by atomic mass is 35.5. The predicted octanol–water partition coefficient (Wildman–Crippen LogP) is 1.51. The summed E-state index contributed by atoms with van der Waals surface area (Å²) in [5, 5.41) is 0. The Bertz CT molecular complexity index is 603. The number of sulfone groups is 1. The highest BCUT2D eigenvalue weighted by Crippen LogP contribution is 2.23. The van der Waals surface area contributed by atoms with Crippen LogP contribution in [0.5, 0.6) is 0 Å². The molecule has 0 heterocycles. The van der Waals surface area contributed by atoms with Gasteiger partial charge in [0.2, 0.25) is 9.84 Å². The number of hydrogen-bond donors (Lipinski definition) is 4. The van der Waals surface area contributed by atoms with E-state index in [1.165, 1.54) is 24.3 Å². The summed E-state index contributed by atoms with van der Waals surface area (Å²) in [6, 6.07) is 12.4. The summed E-state index contributed by atoms with van der Waals surface area (Å²) in [6.45, 7) is 0.